The van der Waals surface area contributed by atoms with Crippen molar-refractivity contribution in [1.29, 1.82) is 5.41 Å². The van der Waals surface area contributed by atoms with E-state index in [0.29, 0.717) is 5.71 Å². The van der Waals surface area contributed by atoms with Crippen molar-refractivity contribution in [2.75, 3.05) is 0 Å². The summed E-state index contributed by atoms with van der Waals surface area (Å²) in [5.41, 5.74) is 3.63. The minimum atomic E-state index is 0.575. The van der Waals surface area contributed by atoms with Crippen molar-refractivity contribution in [3.63, 3.8) is 0 Å². The molecule has 18 heavy (non-hydrogen) atoms. The lowest BCUT2D eigenvalue weighted by Gasteiger charge is -2.00. The molecule has 0 unspecified atom stereocenters. The molecule has 0 spiro atoms. The Balaban J connectivity index is 2.36. The fourth-order valence-electron chi connectivity index (χ4n) is 1.74. The number of hydrogen-bond donors (Lipinski definition) is 1. The summed E-state index contributed by atoms with van der Waals surface area (Å²) in [6, 6.07) is 10.1. The number of aromatic nitrogens is 1. The molecule has 2 nitrogen and oxygen atoms in total. The number of nitrogens with zero attached hydrogens (tertiary/aromatic N) is 1. The Kier molecular flexibility index (Phi) is 4.05. The predicted octanol–water partition coefficient (Wildman–Crippen LogP) is 4.64. The van der Waals surface area contributed by atoms with Crippen molar-refractivity contribution < 1.29 is 0 Å². The summed E-state index contributed by atoms with van der Waals surface area (Å²) in [6.45, 7) is 3.89. The second kappa shape index (κ2) is 5.74. The van der Waals surface area contributed by atoms with Gasteiger partial charge in [0.2, 0.25) is 0 Å². The molecule has 0 aliphatic heterocycles. The minimum Gasteiger partial charge on any atom is -0.305 e. The molecule has 2 rings (SSSR count). The maximum absolute atomic E-state index is 7.80. The van der Waals surface area contributed by atoms with Crippen LogP contribution < -0.4 is 0 Å². The van der Waals surface area contributed by atoms with Gasteiger partial charge in [0, 0.05) is 22.2 Å². The van der Waals surface area contributed by atoms with E-state index in [1.807, 2.05) is 25.1 Å². The molecule has 0 saturated heterocycles. The Labute approximate surface area is 112 Å². The van der Waals surface area contributed by atoms with Gasteiger partial charge in [-0.05, 0) is 13.3 Å². The highest BCUT2D eigenvalue weighted by Crippen LogP contribution is 2.26. The lowest BCUT2D eigenvalue weighted by Crippen LogP contribution is -1.94. The number of hydrogen-bond acceptors (Lipinski definition) is 3. The molecule has 0 aliphatic carbocycles. The SMILES string of the molecule is CC/C=C(\C(C)=N)c1nc(-c2ccccc2)cs1. The summed E-state index contributed by atoms with van der Waals surface area (Å²) in [6.07, 6.45) is 2.99. The molecule has 0 radical (unpaired) electrons. The van der Waals surface area contributed by atoms with Gasteiger partial charge in [-0.25, -0.2) is 4.98 Å². The van der Waals surface area contributed by atoms with Crippen molar-refractivity contribution in [3.8, 4) is 11.3 Å². The number of thiazole rings is 1. The second-order valence-corrected chi connectivity index (χ2v) is 4.91. The summed E-state index contributed by atoms with van der Waals surface area (Å²) in [4.78, 5) is 4.63. The van der Waals surface area contributed by atoms with Crippen molar-refractivity contribution in [2.24, 2.45) is 0 Å². The third-order valence-corrected chi connectivity index (χ3v) is 3.49. The van der Waals surface area contributed by atoms with Gasteiger partial charge in [-0.2, -0.15) is 0 Å². The molecule has 0 fully saturated rings. The monoisotopic (exact) mass is 256 g/mol. The van der Waals surface area contributed by atoms with Crippen LogP contribution in [0.1, 0.15) is 25.3 Å². The van der Waals surface area contributed by atoms with Crippen molar-refractivity contribution >= 4 is 22.6 Å². The highest BCUT2D eigenvalue weighted by Gasteiger charge is 2.09. The van der Waals surface area contributed by atoms with Crippen LogP contribution >= 0.6 is 11.3 Å². The summed E-state index contributed by atoms with van der Waals surface area (Å²) in [7, 11) is 0. The van der Waals surface area contributed by atoms with E-state index in [2.05, 4.69) is 35.5 Å². The summed E-state index contributed by atoms with van der Waals surface area (Å²) in [5, 5.41) is 10.8. The Hall–Kier alpha value is -1.74. The van der Waals surface area contributed by atoms with Crippen molar-refractivity contribution in [2.45, 2.75) is 20.3 Å². The van der Waals surface area contributed by atoms with E-state index in [1.165, 1.54) is 0 Å². The largest absolute Gasteiger partial charge is 0.305 e. The van der Waals surface area contributed by atoms with Crippen LogP contribution in [0.5, 0.6) is 0 Å². The normalized spacial score (nSPS) is 11.6. The molecular weight excluding hydrogens is 240 g/mol. The predicted molar refractivity (Wildman–Crippen MR) is 79.2 cm³/mol. The van der Waals surface area contributed by atoms with Crippen LogP contribution in [-0.4, -0.2) is 10.7 Å². The van der Waals surface area contributed by atoms with Gasteiger partial charge < -0.3 is 5.41 Å². The molecule has 1 heterocycles. The molecule has 1 aromatic carbocycles. The van der Waals surface area contributed by atoms with Crippen LogP contribution in [0.15, 0.2) is 41.8 Å². The molecule has 0 amide bonds. The van der Waals surface area contributed by atoms with Crippen LogP contribution in [0.3, 0.4) is 0 Å². The lowest BCUT2D eigenvalue weighted by molar-refractivity contribution is 1.22. The van der Waals surface area contributed by atoms with Gasteiger partial charge >= 0.3 is 0 Å². The first-order chi connectivity index (χ1) is 8.72. The Bertz CT molecular complexity index is 567. The maximum Gasteiger partial charge on any atom is 0.125 e. The quantitative estimate of drug-likeness (QED) is 0.795. The van der Waals surface area contributed by atoms with Gasteiger partial charge in [-0.1, -0.05) is 43.3 Å². The van der Waals surface area contributed by atoms with Crippen LogP contribution in [0.4, 0.5) is 0 Å². The first-order valence-corrected chi connectivity index (χ1v) is 6.87. The number of nitrogens with one attached hydrogen (secondary N) is 1. The minimum absolute atomic E-state index is 0.575. The summed E-state index contributed by atoms with van der Waals surface area (Å²) >= 11 is 1.60. The van der Waals surface area contributed by atoms with Gasteiger partial charge in [0.25, 0.3) is 0 Å². The number of allylic oxidation sites excluding steroid dienone is 2. The third-order valence-electron chi connectivity index (χ3n) is 2.62. The zero-order valence-corrected chi connectivity index (χ0v) is 11.4. The van der Waals surface area contributed by atoms with E-state index in [9.17, 15) is 0 Å². The number of benzene rings is 1. The van der Waals surface area contributed by atoms with E-state index in [0.717, 1.165) is 28.3 Å². The average Bonchev–Trinajstić information content (AvgIpc) is 2.86. The first kappa shape index (κ1) is 12.7. The van der Waals surface area contributed by atoms with Gasteiger partial charge in [-0.15, -0.1) is 11.3 Å². The highest BCUT2D eigenvalue weighted by atomic mass is 32.1. The first-order valence-electron chi connectivity index (χ1n) is 5.99. The van der Waals surface area contributed by atoms with E-state index in [1.54, 1.807) is 11.3 Å². The molecule has 0 saturated carbocycles. The van der Waals surface area contributed by atoms with Crippen molar-refractivity contribution in [3.05, 3.63) is 46.8 Å². The molecule has 2 aromatic rings. The van der Waals surface area contributed by atoms with E-state index in [4.69, 9.17) is 5.41 Å². The molecule has 0 aliphatic rings. The Morgan fingerprint density at radius 1 is 1.33 bits per heavy atom. The van der Waals surface area contributed by atoms with Crippen LogP contribution in [0, 0.1) is 5.41 Å². The topological polar surface area (TPSA) is 36.7 Å². The van der Waals surface area contributed by atoms with Gasteiger partial charge in [-0.3, -0.25) is 0 Å². The van der Waals surface area contributed by atoms with E-state index < -0.39 is 0 Å². The number of rotatable bonds is 4. The molecule has 92 valence electrons. The van der Waals surface area contributed by atoms with Crippen LogP contribution in [0.2, 0.25) is 0 Å². The van der Waals surface area contributed by atoms with E-state index >= 15 is 0 Å². The molecular formula is C15H16N2S. The molecule has 0 bridgehead atoms. The average molecular weight is 256 g/mol. The zero-order chi connectivity index (χ0) is 13.0. The molecule has 1 aromatic heterocycles. The fourth-order valence-corrected chi connectivity index (χ4v) is 2.67. The molecule has 0 atom stereocenters. The van der Waals surface area contributed by atoms with Gasteiger partial charge in [0.1, 0.15) is 5.01 Å². The van der Waals surface area contributed by atoms with Gasteiger partial charge in [0.15, 0.2) is 0 Å². The van der Waals surface area contributed by atoms with E-state index in [-0.39, 0.29) is 0 Å². The maximum atomic E-state index is 7.80. The molecule has 1 N–H and O–H groups in total. The second-order valence-electron chi connectivity index (χ2n) is 4.05. The third kappa shape index (κ3) is 2.74. The van der Waals surface area contributed by atoms with Gasteiger partial charge in [0.05, 0.1) is 5.69 Å². The van der Waals surface area contributed by atoms with Crippen LogP contribution in [0.25, 0.3) is 16.8 Å². The standard InChI is InChI=1S/C15H16N2S/c1-3-7-13(11(2)16)15-17-14(10-18-15)12-8-5-4-6-9-12/h4-10,16H,3H2,1-2H3/b13-7+,16-11?. The summed E-state index contributed by atoms with van der Waals surface area (Å²) in [5.74, 6) is 0. The Morgan fingerprint density at radius 3 is 2.67 bits per heavy atom. The van der Waals surface area contributed by atoms with Crippen molar-refractivity contribution in [1.82, 2.24) is 4.98 Å². The fraction of sp³-hybridized carbons (Fsp3) is 0.200. The smallest absolute Gasteiger partial charge is 0.125 e. The molecule has 3 heteroatoms. The summed E-state index contributed by atoms with van der Waals surface area (Å²) < 4.78 is 0. The highest BCUT2D eigenvalue weighted by molar-refractivity contribution is 7.11. The zero-order valence-electron chi connectivity index (χ0n) is 10.6. The Morgan fingerprint density at radius 2 is 2.06 bits per heavy atom. The lowest BCUT2D eigenvalue weighted by atomic mass is 10.1. The van der Waals surface area contributed by atoms with Crippen LogP contribution in [-0.2, 0) is 0 Å².